The normalized spacial score (nSPS) is 11.2. The number of aryl methyl sites for hydroxylation is 1. The molecule has 4 nitrogen and oxygen atoms in total. The Hall–Kier alpha value is -1.04. The molecule has 0 fully saturated rings. The van der Waals surface area contributed by atoms with E-state index in [2.05, 4.69) is 29.2 Å². The smallest absolute Gasteiger partial charge is 0.190 e. The molecule has 2 rings (SSSR count). The topological polar surface area (TPSA) is 42.7 Å². The van der Waals surface area contributed by atoms with E-state index in [9.17, 15) is 0 Å². The number of aromatic nitrogens is 3. The molecular formula is C13H17ClN4S. The van der Waals surface area contributed by atoms with E-state index in [1.807, 2.05) is 25.2 Å². The van der Waals surface area contributed by atoms with Gasteiger partial charge in [-0.3, -0.25) is 0 Å². The van der Waals surface area contributed by atoms with Crippen molar-refractivity contribution in [1.29, 1.82) is 0 Å². The van der Waals surface area contributed by atoms with Crippen molar-refractivity contribution in [3.63, 3.8) is 0 Å². The van der Waals surface area contributed by atoms with Crippen molar-refractivity contribution in [3.8, 4) is 0 Å². The monoisotopic (exact) mass is 296 g/mol. The Morgan fingerprint density at radius 1 is 1.42 bits per heavy atom. The summed E-state index contributed by atoms with van der Waals surface area (Å²) in [6, 6.07) is 6.36. The van der Waals surface area contributed by atoms with Crippen molar-refractivity contribution in [2.45, 2.75) is 36.5 Å². The molecule has 0 amide bonds. The minimum Gasteiger partial charge on any atom is -0.310 e. The second-order valence-corrected chi connectivity index (χ2v) is 6.00. The van der Waals surface area contributed by atoms with Gasteiger partial charge < -0.3 is 5.32 Å². The van der Waals surface area contributed by atoms with Gasteiger partial charge in [-0.05, 0) is 35.5 Å². The molecular weight excluding hydrogens is 280 g/mol. The zero-order valence-electron chi connectivity index (χ0n) is 11.2. The lowest BCUT2D eigenvalue weighted by Crippen LogP contribution is -2.22. The number of benzene rings is 1. The Morgan fingerprint density at radius 3 is 2.84 bits per heavy atom. The quantitative estimate of drug-likeness (QED) is 0.920. The summed E-state index contributed by atoms with van der Waals surface area (Å²) in [6.07, 6.45) is 1.56. The van der Waals surface area contributed by atoms with Crippen LogP contribution in [-0.2, 0) is 13.6 Å². The van der Waals surface area contributed by atoms with Crippen molar-refractivity contribution in [2.75, 3.05) is 0 Å². The fraction of sp³-hybridized carbons (Fsp3) is 0.385. The molecule has 0 saturated carbocycles. The third-order valence-corrected chi connectivity index (χ3v) is 4.00. The molecule has 0 atom stereocenters. The van der Waals surface area contributed by atoms with Gasteiger partial charge in [-0.15, -0.1) is 0 Å². The van der Waals surface area contributed by atoms with Gasteiger partial charge >= 0.3 is 0 Å². The van der Waals surface area contributed by atoms with Gasteiger partial charge in [0.05, 0.1) is 0 Å². The van der Waals surface area contributed by atoms with Crippen LogP contribution in [0, 0.1) is 0 Å². The van der Waals surface area contributed by atoms with Crippen LogP contribution < -0.4 is 5.32 Å². The van der Waals surface area contributed by atoms with E-state index in [1.165, 1.54) is 5.56 Å². The molecule has 19 heavy (non-hydrogen) atoms. The van der Waals surface area contributed by atoms with E-state index in [4.69, 9.17) is 11.6 Å². The molecule has 0 bridgehead atoms. The SMILES string of the molecule is CC(C)NCc1cc(Cl)ccc1Sc1ncnn1C. The molecule has 1 N–H and O–H groups in total. The Balaban J connectivity index is 2.21. The molecule has 6 heteroatoms. The van der Waals surface area contributed by atoms with Crippen LogP contribution in [0.25, 0.3) is 0 Å². The third-order valence-electron chi connectivity index (χ3n) is 2.59. The lowest BCUT2D eigenvalue weighted by atomic mass is 10.2. The molecule has 2 aromatic rings. The molecule has 0 aliphatic rings. The van der Waals surface area contributed by atoms with Crippen LogP contribution in [-0.4, -0.2) is 20.8 Å². The maximum Gasteiger partial charge on any atom is 0.190 e. The van der Waals surface area contributed by atoms with Crippen LogP contribution in [0.2, 0.25) is 5.02 Å². The maximum absolute atomic E-state index is 6.08. The molecule has 0 aliphatic heterocycles. The average Bonchev–Trinajstić information content (AvgIpc) is 2.75. The van der Waals surface area contributed by atoms with Gasteiger partial charge in [0, 0.05) is 29.6 Å². The van der Waals surface area contributed by atoms with Gasteiger partial charge in [-0.1, -0.05) is 25.4 Å². The number of nitrogens with zero attached hydrogens (tertiary/aromatic N) is 3. The molecule has 102 valence electrons. The highest BCUT2D eigenvalue weighted by Crippen LogP contribution is 2.30. The summed E-state index contributed by atoms with van der Waals surface area (Å²) in [6.45, 7) is 5.04. The van der Waals surface area contributed by atoms with Crippen LogP contribution in [0.5, 0.6) is 0 Å². The fourth-order valence-corrected chi connectivity index (χ4v) is 2.64. The van der Waals surface area contributed by atoms with Gasteiger partial charge in [0.15, 0.2) is 5.16 Å². The fourth-order valence-electron chi connectivity index (χ4n) is 1.58. The maximum atomic E-state index is 6.08. The highest BCUT2D eigenvalue weighted by Gasteiger charge is 2.09. The molecule has 1 aromatic heterocycles. The summed E-state index contributed by atoms with van der Waals surface area (Å²) in [5, 5.41) is 9.11. The summed E-state index contributed by atoms with van der Waals surface area (Å²) in [5.74, 6) is 0. The Labute approximate surface area is 122 Å². The van der Waals surface area contributed by atoms with Crippen molar-refractivity contribution in [3.05, 3.63) is 35.1 Å². The van der Waals surface area contributed by atoms with Crippen LogP contribution in [0.1, 0.15) is 19.4 Å². The molecule has 0 saturated heterocycles. The van der Waals surface area contributed by atoms with Crippen LogP contribution in [0.3, 0.4) is 0 Å². The highest BCUT2D eigenvalue weighted by atomic mass is 35.5. The minimum absolute atomic E-state index is 0.437. The molecule has 0 aliphatic carbocycles. The Bertz CT molecular complexity index is 553. The summed E-state index contributed by atoms with van der Waals surface area (Å²) in [5.41, 5.74) is 1.18. The largest absolute Gasteiger partial charge is 0.310 e. The lowest BCUT2D eigenvalue weighted by molar-refractivity contribution is 0.584. The number of hydrogen-bond donors (Lipinski definition) is 1. The third kappa shape index (κ3) is 3.96. The first-order valence-corrected chi connectivity index (χ1v) is 7.29. The van der Waals surface area contributed by atoms with Crippen molar-refractivity contribution in [2.24, 2.45) is 7.05 Å². The van der Waals surface area contributed by atoms with Gasteiger partial charge in [-0.2, -0.15) is 5.10 Å². The zero-order chi connectivity index (χ0) is 13.8. The summed E-state index contributed by atoms with van der Waals surface area (Å²) < 4.78 is 1.76. The van der Waals surface area contributed by atoms with E-state index in [0.29, 0.717) is 6.04 Å². The van der Waals surface area contributed by atoms with E-state index >= 15 is 0 Å². The first-order valence-electron chi connectivity index (χ1n) is 6.10. The molecule has 1 heterocycles. The van der Waals surface area contributed by atoms with Crippen LogP contribution in [0.15, 0.2) is 34.6 Å². The summed E-state index contributed by atoms with van der Waals surface area (Å²) in [7, 11) is 1.89. The van der Waals surface area contributed by atoms with Crippen LogP contribution >= 0.6 is 23.4 Å². The van der Waals surface area contributed by atoms with Gasteiger partial charge in [0.1, 0.15) is 6.33 Å². The van der Waals surface area contributed by atoms with E-state index in [0.717, 1.165) is 21.6 Å². The number of hydrogen-bond acceptors (Lipinski definition) is 4. The predicted octanol–water partition coefficient (Wildman–Crippen LogP) is 3.12. The summed E-state index contributed by atoms with van der Waals surface area (Å²) >= 11 is 7.67. The van der Waals surface area contributed by atoms with E-state index in [1.54, 1.807) is 22.8 Å². The van der Waals surface area contributed by atoms with Gasteiger partial charge in [-0.25, -0.2) is 9.67 Å². The molecule has 0 radical (unpaired) electrons. The van der Waals surface area contributed by atoms with E-state index < -0.39 is 0 Å². The van der Waals surface area contributed by atoms with E-state index in [-0.39, 0.29) is 0 Å². The number of rotatable bonds is 5. The Kier molecular flexibility index (Phi) is 4.85. The second kappa shape index (κ2) is 6.41. The van der Waals surface area contributed by atoms with Crippen LogP contribution in [0.4, 0.5) is 0 Å². The van der Waals surface area contributed by atoms with Crippen molar-refractivity contribution >= 4 is 23.4 Å². The predicted molar refractivity (Wildman–Crippen MR) is 78.6 cm³/mol. The number of nitrogens with one attached hydrogen (secondary N) is 1. The van der Waals surface area contributed by atoms with Gasteiger partial charge in [0.25, 0.3) is 0 Å². The minimum atomic E-state index is 0.437. The van der Waals surface area contributed by atoms with Gasteiger partial charge in [0.2, 0.25) is 0 Å². The zero-order valence-corrected chi connectivity index (χ0v) is 12.8. The molecule has 0 spiro atoms. The molecule has 0 unspecified atom stereocenters. The highest BCUT2D eigenvalue weighted by molar-refractivity contribution is 7.99. The lowest BCUT2D eigenvalue weighted by Gasteiger charge is -2.12. The average molecular weight is 297 g/mol. The number of halogens is 1. The molecule has 1 aromatic carbocycles. The first kappa shape index (κ1) is 14.4. The summed E-state index contributed by atoms with van der Waals surface area (Å²) in [4.78, 5) is 5.38. The standard InChI is InChI=1S/C13H17ClN4S/c1-9(2)15-7-10-6-11(14)4-5-12(10)19-13-16-8-17-18(13)3/h4-6,8-9,15H,7H2,1-3H3. The second-order valence-electron chi connectivity index (χ2n) is 4.56. The Morgan fingerprint density at radius 2 is 2.21 bits per heavy atom. The van der Waals surface area contributed by atoms with Crippen molar-refractivity contribution in [1.82, 2.24) is 20.1 Å². The first-order chi connectivity index (χ1) is 9.06. The van der Waals surface area contributed by atoms with Crippen molar-refractivity contribution < 1.29 is 0 Å².